The maximum absolute atomic E-state index is 11.9. The zero-order valence-electron chi connectivity index (χ0n) is 11.7. The van der Waals surface area contributed by atoms with Crippen molar-refractivity contribution in [1.29, 1.82) is 0 Å². The predicted molar refractivity (Wildman–Crippen MR) is 79.4 cm³/mol. The third-order valence-corrected chi connectivity index (χ3v) is 3.98. The van der Waals surface area contributed by atoms with Gasteiger partial charge in [-0.25, -0.2) is 0 Å². The molecular formula is C13H22N4OS. The number of nitrogen functional groups attached to an aromatic ring is 1. The number of anilines is 2. The molecule has 1 atom stereocenters. The molecule has 0 aliphatic heterocycles. The maximum atomic E-state index is 11.9. The summed E-state index contributed by atoms with van der Waals surface area (Å²) in [6.07, 6.45) is 2.34. The van der Waals surface area contributed by atoms with Crippen molar-refractivity contribution >= 4 is 28.3 Å². The van der Waals surface area contributed by atoms with Gasteiger partial charge in [0.05, 0.1) is 0 Å². The van der Waals surface area contributed by atoms with Gasteiger partial charge in [-0.05, 0) is 43.1 Å². The Morgan fingerprint density at radius 1 is 1.47 bits per heavy atom. The summed E-state index contributed by atoms with van der Waals surface area (Å²) in [6, 6.07) is -0.268. The average molecular weight is 282 g/mol. The van der Waals surface area contributed by atoms with Crippen LogP contribution in [0.2, 0.25) is 0 Å². The van der Waals surface area contributed by atoms with Gasteiger partial charge in [-0.2, -0.15) is 4.37 Å². The van der Waals surface area contributed by atoms with Crippen molar-refractivity contribution in [2.75, 3.05) is 17.6 Å². The van der Waals surface area contributed by atoms with Crippen LogP contribution < -0.4 is 16.4 Å². The van der Waals surface area contributed by atoms with Gasteiger partial charge in [-0.15, -0.1) is 0 Å². The molecule has 0 spiro atoms. The molecule has 1 aliphatic carbocycles. The van der Waals surface area contributed by atoms with Gasteiger partial charge in [0.15, 0.2) is 0 Å². The summed E-state index contributed by atoms with van der Waals surface area (Å²) in [4.78, 5) is 11.9. The molecule has 1 fully saturated rings. The maximum Gasteiger partial charge on any atom is 0.242 e. The molecule has 6 heteroatoms. The molecule has 1 saturated carbocycles. The molecule has 19 heavy (non-hydrogen) atoms. The molecule has 1 aromatic heterocycles. The molecule has 0 aromatic carbocycles. The first-order valence-electron chi connectivity index (χ1n) is 6.78. The molecule has 0 radical (unpaired) electrons. The van der Waals surface area contributed by atoms with Gasteiger partial charge in [-0.1, -0.05) is 13.8 Å². The van der Waals surface area contributed by atoms with Crippen molar-refractivity contribution in [2.24, 2.45) is 5.92 Å². The summed E-state index contributed by atoms with van der Waals surface area (Å²) >= 11 is 1.35. The van der Waals surface area contributed by atoms with E-state index in [0.29, 0.717) is 24.2 Å². The van der Waals surface area contributed by atoms with E-state index in [0.717, 1.165) is 10.6 Å². The van der Waals surface area contributed by atoms with Crippen molar-refractivity contribution < 1.29 is 4.79 Å². The molecule has 5 nitrogen and oxygen atoms in total. The summed E-state index contributed by atoms with van der Waals surface area (Å²) in [6.45, 7) is 6.72. The van der Waals surface area contributed by atoms with Crippen LogP contribution in [0.4, 0.5) is 10.8 Å². The van der Waals surface area contributed by atoms with E-state index in [2.05, 4.69) is 28.9 Å². The summed E-state index contributed by atoms with van der Waals surface area (Å²) in [5.41, 5.74) is 7.00. The Morgan fingerprint density at radius 3 is 2.74 bits per heavy atom. The number of carbonyl (C=O) groups excluding carboxylic acids is 1. The highest BCUT2D eigenvalue weighted by molar-refractivity contribution is 7.10. The Morgan fingerprint density at radius 2 is 2.16 bits per heavy atom. The molecular weight excluding hydrogens is 260 g/mol. The average Bonchev–Trinajstić information content (AvgIpc) is 3.12. The lowest BCUT2D eigenvalue weighted by Crippen LogP contribution is -2.39. The lowest BCUT2D eigenvalue weighted by molar-refractivity contribution is -0.121. The minimum atomic E-state index is -0.268. The fourth-order valence-corrected chi connectivity index (χ4v) is 2.79. The summed E-state index contributed by atoms with van der Waals surface area (Å²) in [7, 11) is 0. The van der Waals surface area contributed by atoms with E-state index >= 15 is 0 Å². The van der Waals surface area contributed by atoms with E-state index in [-0.39, 0.29) is 11.9 Å². The molecule has 0 saturated heterocycles. The second-order valence-electron chi connectivity index (χ2n) is 5.59. The Hall–Kier alpha value is -1.30. The number of rotatable bonds is 6. The second-order valence-corrected chi connectivity index (χ2v) is 6.36. The van der Waals surface area contributed by atoms with Gasteiger partial charge in [0.1, 0.15) is 16.9 Å². The SMILES string of the molecule is CC(C)CNC(=O)C(C)Nc1snc(N)c1C1CC1. The fourth-order valence-electron chi connectivity index (χ4n) is 1.90. The summed E-state index contributed by atoms with van der Waals surface area (Å²) in [5, 5.41) is 7.12. The molecule has 4 N–H and O–H groups in total. The van der Waals surface area contributed by atoms with Crippen LogP contribution in [0, 0.1) is 5.92 Å². The van der Waals surface area contributed by atoms with E-state index in [1.165, 1.54) is 24.4 Å². The topological polar surface area (TPSA) is 80.0 Å². The zero-order chi connectivity index (χ0) is 14.0. The predicted octanol–water partition coefficient (Wildman–Crippen LogP) is 2.18. The summed E-state index contributed by atoms with van der Waals surface area (Å²) in [5.74, 6) is 1.62. The number of carbonyl (C=O) groups is 1. The minimum absolute atomic E-state index is 0.0161. The third-order valence-electron chi connectivity index (χ3n) is 3.17. The smallest absolute Gasteiger partial charge is 0.242 e. The van der Waals surface area contributed by atoms with Crippen LogP contribution in [0.15, 0.2) is 0 Å². The summed E-state index contributed by atoms with van der Waals surface area (Å²) < 4.78 is 4.19. The van der Waals surface area contributed by atoms with Crippen molar-refractivity contribution in [1.82, 2.24) is 9.69 Å². The van der Waals surface area contributed by atoms with E-state index in [9.17, 15) is 4.79 Å². The standard InChI is InChI=1S/C13H22N4OS/c1-7(2)6-15-12(18)8(3)16-13-10(9-4-5-9)11(14)17-19-13/h7-9,16H,4-6H2,1-3H3,(H2,14,17)(H,15,18). The number of nitrogens with two attached hydrogens (primary N) is 1. The van der Waals surface area contributed by atoms with Gasteiger partial charge in [0.2, 0.25) is 5.91 Å². The fraction of sp³-hybridized carbons (Fsp3) is 0.692. The molecule has 1 aromatic rings. The van der Waals surface area contributed by atoms with Gasteiger partial charge in [0, 0.05) is 12.1 Å². The van der Waals surface area contributed by atoms with Crippen LogP contribution in [0.1, 0.15) is 45.1 Å². The Kier molecular flexibility index (Phi) is 4.29. The molecule has 1 unspecified atom stereocenters. The molecule has 1 aliphatic rings. The van der Waals surface area contributed by atoms with Crippen molar-refractivity contribution in [3.8, 4) is 0 Å². The van der Waals surface area contributed by atoms with Crippen molar-refractivity contribution in [3.05, 3.63) is 5.56 Å². The minimum Gasteiger partial charge on any atom is -0.383 e. The number of nitrogens with one attached hydrogen (secondary N) is 2. The Balaban J connectivity index is 1.95. The first-order valence-corrected chi connectivity index (χ1v) is 7.55. The molecule has 2 rings (SSSR count). The monoisotopic (exact) mass is 282 g/mol. The van der Waals surface area contributed by atoms with Gasteiger partial charge in [0.25, 0.3) is 0 Å². The van der Waals surface area contributed by atoms with E-state index in [1.54, 1.807) is 0 Å². The third kappa shape index (κ3) is 3.59. The van der Waals surface area contributed by atoms with Crippen molar-refractivity contribution in [3.63, 3.8) is 0 Å². The largest absolute Gasteiger partial charge is 0.383 e. The van der Waals surface area contributed by atoms with Crippen molar-refractivity contribution in [2.45, 2.75) is 45.6 Å². The second kappa shape index (κ2) is 5.77. The van der Waals surface area contributed by atoms with Crippen LogP contribution >= 0.6 is 11.5 Å². The number of hydrogen-bond acceptors (Lipinski definition) is 5. The molecule has 1 amide bonds. The quantitative estimate of drug-likeness (QED) is 0.747. The Bertz CT molecular complexity index is 453. The highest BCUT2D eigenvalue weighted by Crippen LogP contribution is 2.47. The molecule has 0 bridgehead atoms. The number of hydrogen-bond donors (Lipinski definition) is 3. The van der Waals surface area contributed by atoms with Gasteiger partial charge < -0.3 is 16.4 Å². The first-order chi connectivity index (χ1) is 8.99. The number of nitrogens with zero attached hydrogens (tertiary/aromatic N) is 1. The van der Waals surface area contributed by atoms with Crippen LogP contribution in [0.3, 0.4) is 0 Å². The highest BCUT2D eigenvalue weighted by Gasteiger charge is 2.31. The van der Waals surface area contributed by atoms with E-state index in [4.69, 9.17) is 5.73 Å². The zero-order valence-corrected chi connectivity index (χ0v) is 12.5. The number of amides is 1. The van der Waals surface area contributed by atoms with Crippen LogP contribution in [-0.4, -0.2) is 22.9 Å². The molecule has 1 heterocycles. The normalized spacial score (nSPS) is 16.4. The Labute approximate surface area is 118 Å². The number of aromatic nitrogens is 1. The van der Waals surface area contributed by atoms with E-state index < -0.39 is 0 Å². The first kappa shape index (κ1) is 14.1. The van der Waals surface area contributed by atoms with Gasteiger partial charge in [-0.3, -0.25) is 4.79 Å². The highest BCUT2D eigenvalue weighted by atomic mass is 32.1. The lowest BCUT2D eigenvalue weighted by atomic mass is 10.2. The van der Waals surface area contributed by atoms with Crippen LogP contribution in [-0.2, 0) is 4.79 Å². The van der Waals surface area contributed by atoms with Crippen LogP contribution in [0.25, 0.3) is 0 Å². The molecule has 106 valence electrons. The van der Waals surface area contributed by atoms with E-state index in [1.807, 2.05) is 6.92 Å². The van der Waals surface area contributed by atoms with Gasteiger partial charge >= 0.3 is 0 Å². The lowest BCUT2D eigenvalue weighted by Gasteiger charge is -2.16. The van der Waals surface area contributed by atoms with Crippen LogP contribution in [0.5, 0.6) is 0 Å².